The van der Waals surface area contributed by atoms with Crippen molar-refractivity contribution in [3.8, 4) is 0 Å². The van der Waals surface area contributed by atoms with Crippen LogP contribution in [0.25, 0.3) is 0 Å². The maximum Gasteiger partial charge on any atom is 0.194 e. The third-order valence-corrected chi connectivity index (χ3v) is 5.57. The highest BCUT2D eigenvalue weighted by Gasteiger charge is 2.20. The maximum absolute atomic E-state index is 4.90. The number of halogens is 2. The summed E-state index contributed by atoms with van der Waals surface area (Å²) in [6.07, 6.45) is 1.63. The first kappa shape index (κ1) is 20.7. The van der Waals surface area contributed by atoms with Crippen molar-refractivity contribution in [3.05, 3.63) is 38.8 Å². The molecule has 0 bridgehead atoms. The van der Waals surface area contributed by atoms with Crippen LogP contribution < -0.4 is 5.32 Å². The van der Waals surface area contributed by atoms with Crippen LogP contribution in [0.15, 0.2) is 37.8 Å². The van der Waals surface area contributed by atoms with Gasteiger partial charge in [-0.3, -0.25) is 4.90 Å². The molecule has 1 aliphatic heterocycles. The maximum atomic E-state index is 4.90. The molecule has 9 heteroatoms. The Morgan fingerprint density at radius 2 is 2.20 bits per heavy atom. The summed E-state index contributed by atoms with van der Waals surface area (Å²) < 4.78 is 6.03. The smallest absolute Gasteiger partial charge is 0.194 e. The van der Waals surface area contributed by atoms with Crippen LogP contribution in [-0.2, 0) is 13.1 Å². The number of guanidine groups is 1. The second-order valence-electron chi connectivity index (χ2n) is 5.66. The minimum Gasteiger partial charge on any atom is -0.364 e. The van der Waals surface area contributed by atoms with Gasteiger partial charge >= 0.3 is 0 Å². The summed E-state index contributed by atoms with van der Waals surface area (Å²) in [5, 5.41) is 9.50. The molecule has 1 aliphatic rings. The number of hydrogen-bond acceptors (Lipinski definition) is 5. The molecule has 0 radical (unpaired) electrons. The van der Waals surface area contributed by atoms with Gasteiger partial charge in [0.15, 0.2) is 5.96 Å². The summed E-state index contributed by atoms with van der Waals surface area (Å²) in [4.78, 5) is 10.8. The second-order valence-corrected chi connectivity index (χ2v) is 7.57. The number of nitrogens with zero attached hydrogens (tertiary/aromatic N) is 4. The van der Waals surface area contributed by atoms with Crippen LogP contribution in [0.5, 0.6) is 0 Å². The molecule has 2 aromatic heterocycles. The Labute approximate surface area is 177 Å². The summed E-state index contributed by atoms with van der Waals surface area (Å²) in [5.74, 6) is 1.00. The molecule has 0 amide bonds. The predicted molar refractivity (Wildman–Crippen MR) is 116 cm³/mol. The highest BCUT2D eigenvalue weighted by molar-refractivity contribution is 14.0. The van der Waals surface area contributed by atoms with E-state index in [2.05, 4.69) is 54.6 Å². The summed E-state index contributed by atoms with van der Waals surface area (Å²) in [7, 11) is 0. The number of rotatable bonds is 5. The van der Waals surface area contributed by atoms with E-state index in [4.69, 9.17) is 9.52 Å². The Morgan fingerprint density at radius 1 is 1.40 bits per heavy atom. The van der Waals surface area contributed by atoms with Crippen molar-refractivity contribution in [1.29, 1.82) is 0 Å². The zero-order chi connectivity index (χ0) is 16.8. The molecule has 138 valence electrons. The lowest BCUT2D eigenvalue weighted by Crippen LogP contribution is -2.52. The lowest BCUT2D eigenvalue weighted by atomic mass is 10.3. The number of aliphatic imine (C=N–C) groups is 1. The Hall–Kier alpha value is -0.650. The van der Waals surface area contributed by atoms with E-state index in [1.807, 2.05) is 6.07 Å². The molecule has 25 heavy (non-hydrogen) atoms. The summed E-state index contributed by atoms with van der Waals surface area (Å²) in [6.45, 7) is 8.50. The van der Waals surface area contributed by atoms with Crippen molar-refractivity contribution in [1.82, 2.24) is 20.3 Å². The van der Waals surface area contributed by atoms with Crippen LogP contribution in [0.3, 0.4) is 0 Å². The third-order valence-electron chi connectivity index (χ3n) is 3.89. The van der Waals surface area contributed by atoms with Crippen LogP contribution in [-0.4, -0.2) is 53.6 Å². The Balaban J connectivity index is 0.00000225. The number of hydrogen-bond donors (Lipinski definition) is 1. The van der Waals surface area contributed by atoms with Crippen molar-refractivity contribution in [3.63, 3.8) is 0 Å². The number of thiophene rings is 1. The Bertz CT molecular complexity index is 655. The zero-order valence-corrected chi connectivity index (χ0v) is 18.9. The molecule has 0 aliphatic carbocycles. The van der Waals surface area contributed by atoms with Gasteiger partial charge in [0, 0.05) is 60.1 Å². The van der Waals surface area contributed by atoms with E-state index >= 15 is 0 Å². The SMILES string of the molecule is CCNC(=NCc1cc(Br)cs1)N1CCN(Cc2ccon2)CC1.I. The third kappa shape index (κ3) is 6.22. The first-order valence-corrected chi connectivity index (χ1v) is 9.79. The lowest BCUT2D eigenvalue weighted by molar-refractivity contribution is 0.169. The second kappa shape index (κ2) is 10.5. The van der Waals surface area contributed by atoms with E-state index in [-0.39, 0.29) is 24.0 Å². The van der Waals surface area contributed by atoms with Crippen molar-refractivity contribution >= 4 is 57.2 Å². The molecule has 0 spiro atoms. The molecule has 0 atom stereocenters. The first-order valence-electron chi connectivity index (χ1n) is 8.12. The molecule has 3 heterocycles. The van der Waals surface area contributed by atoms with E-state index in [1.165, 1.54) is 4.88 Å². The molecule has 0 unspecified atom stereocenters. The minimum atomic E-state index is 0. The van der Waals surface area contributed by atoms with Crippen LogP contribution in [0.1, 0.15) is 17.5 Å². The molecule has 0 saturated carbocycles. The van der Waals surface area contributed by atoms with E-state index in [0.717, 1.165) is 61.9 Å². The van der Waals surface area contributed by atoms with E-state index < -0.39 is 0 Å². The molecular weight excluding hydrogens is 517 g/mol. The summed E-state index contributed by atoms with van der Waals surface area (Å²) in [5.41, 5.74) is 0.993. The zero-order valence-electron chi connectivity index (χ0n) is 14.2. The largest absolute Gasteiger partial charge is 0.364 e. The van der Waals surface area contributed by atoms with E-state index in [1.54, 1.807) is 17.6 Å². The fraction of sp³-hybridized carbons (Fsp3) is 0.500. The van der Waals surface area contributed by atoms with Crippen LogP contribution in [0, 0.1) is 0 Å². The standard InChI is InChI=1S/C16H22BrN5OS.HI/c1-2-18-16(19-10-15-9-13(17)12-24-15)22-6-4-21(5-7-22)11-14-3-8-23-20-14;/h3,8-9,12H,2,4-7,10-11H2,1H3,(H,18,19);1H. The van der Waals surface area contributed by atoms with Gasteiger partial charge in [-0.05, 0) is 28.9 Å². The Morgan fingerprint density at radius 3 is 2.80 bits per heavy atom. The summed E-state index contributed by atoms with van der Waals surface area (Å²) in [6, 6.07) is 4.06. The quantitative estimate of drug-likeness (QED) is 0.358. The average molecular weight is 540 g/mol. The molecule has 0 aromatic carbocycles. The molecule has 2 aromatic rings. The van der Waals surface area contributed by atoms with Gasteiger partial charge in [0.05, 0.1) is 12.2 Å². The number of nitrogens with one attached hydrogen (secondary N) is 1. The normalized spacial score (nSPS) is 15.9. The van der Waals surface area contributed by atoms with Gasteiger partial charge < -0.3 is 14.7 Å². The van der Waals surface area contributed by atoms with Crippen LogP contribution >= 0.6 is 51.2 Å². The molecular formula is C16H23BrIN5OS. The lowest BCUT2D eigenvalue weighted by Gasteiger charge is -2.36. The van der Waals surface area contributed by atoms with Gasteiger partial charge in [0.2, 0.25) is 0 Å². The molecule has 1 N–H and O–H groups in total. The van der Waals surface area contributed by atoms with E-state index in [0.29, 0.717) is 0 Å². The average Bonchev–Trinajstić information content (AvgIpc) is 3.24. The molecule has 1 saturated heterocycles. The minimum absolute atomic E-state index is 0. The predicted octanol–water partition coefficient (Wildman–Crippen LogP) is 3.40. The van der Waals surface area contributed by atoms with Gasteiger partial charge in [0.25, 0.3) is 0 Å². The van der Waals surface area contributed by atoms with Gasteiger partial charge in [-0.2, -0.15) is 0 Å². The number of piperazine rings is 1. The molecule has 1 fully saturated rings. The summed E-state index contributed by atoms with van der Waals surface area (Å²) >= 11 is 5.23. The number of aromatic nitrogens is 1. The van der Waals surface area contributed by atoms with Crippen molar-refractivity contribution in [2.45, 2.75) is 20.0 Å². The molecule has 3 rings (SSSR count). The monoisotopic (exact) mass is 539 g/mol. The topological polar surface area (TPSA) is 56.9 Å². The van der Waals surface area contributed by atoms with Crippen molar-refractivity contribution in [2.75, 3.05) is 32.7 Å². The first-order chi connectivity index (χ1) is 11.7. The van der Waals surface area contributed by atoms with Crippen LogP contribution in [0.4, 0.5) is 0 Å². The van der Waals surface area contributed by atoms with Gasteiger partial charge in [0.1, 0.15) is 6.26 Å². The van der Waals surface area contributed by atoms with Crippen molar-refractivity contribution in [2.24, 2.45) is 4.99 Å². The van der Waals surface area contributed by atoms with Gasteiger partial charge in [-0.15, -0.1) is 35.3 Å². The van der Waals surface area contributed by atoms with E-state index in [9.17, 15) is 0 Å². The van der Waals surface area contributed by atoms with Crippen molar-refractivity contribution < 1.29 is 4.52 Å². The molecule has 6 nitrogen and oxygen atoms in total. The Kier molecular flexibility index (Phi) is 8.67. The van der Waals surface area contributed by atoms with Gasteiger partial charge in [-0.1, -0.05) is 5.16 Å². The highest BCUT2D eigenvalue weighted by atomic mass is 127. The fourth-order valence-electron chi connectivity index (χ4n) is 2.68. The van der Waals surface area contributed by atoms with Gasteiger partial charge in [-0.25, -0.2) is 4.99 Å². The van der Waals surface area contributed by atoms with Crippen LogP contribution in [0.2, 0.25) is 0 Å². The fourth-order valence-corrected chi connectivity index (χ4v) is 4.06. The highest BCUT2D eigenvalue weighted by Crippen LogP contribution is 2.20.